The van der Waals surface area contributed by atoms with Gasteiger partial charge >= 0.3 is 0 Å². The number of ketones is 1. The number of hydrogen-bond acceptors (Lipinski definition) is 5. The Kier molecular flexibility index (Phi) is 6.91. The number of nitrogens with one attached hydrogen (secondary N) is 1. The summed E-state index contributed by atoms with van der Waals surface area (Å²) in [6, 6.07) is -0.578. The summed E-state index contributed by atoms with van der Waals surface area (Å²) in [5.74, 6) is 0.480. The van der Waals surface area contributed by atoms with Crippen molar-refractivity contribution in [3.63, 3.8) is 0 Å². The van der Waals surface area contributed by atoms with E-state index in [1.807, 2.05) is 0 Å². The highest BCUT2D eigenvalue weighted by atomic mass is 35.5. The number of halogens is 1. The van der Waals surface area contributed by atoms with Crippen LogP contribution >= 0.6 is 24.2 Å². The molecule has 1 fully saturated rings. The molecule has 5 N–H and O–H groups in total. The standard InChI is InChI=1S/C8H15N3O2S.ClH/c9-5(1-2-6(10)12)7(13)8-11-3-4-14-8;/h5,8,11H,1-4,9H2,(H2,10,12);1H/t5-,8?;/m0./s1. The van der Waals surface area contributed by atoms with Gasteiger partial charge in [0.25, 0.3) is 0 Å². The summed E-state index contributed by atoms with van der Waals surface area (Å²) < 4.78 is 0. The van der Waals surface area contributed by atoms with E-state index in [1.165, 1.54) is 0 Å². The van der Waals surface area contributed by atoms with Crippen molar-refractivity contribution in [3.8, 4) is 0 Å². The first-order chi connectivity index (χ1) is 6.61. The van der Waals surface area contributed by atoms with E-state index in [0.29, 0.717) is 6.42 Å². The Morgan fingerprint density at radius 1 is 1.53 bits per heavy atom. The highest BCUT2D eigenvalue weighted by Gasteiger charge is 2.27. The Morgan fingerprint density at radius 3 is 2.67 bits per heavy atom. The normalized spacial score (nSPS) is 21.8. The third-order valence-electron chi connectivity index (χ3n) is 2.04. The van der Waals surface area contributed by atoms with Crippen molar-refractivity contribution in [1.82, 2.24) is 5.32 Å². The van der Waals surface area contributed by atoms with Crippen LogP contribution in [-0.2, 0) is 9.59 Å². The Balaban J connectivity index is 0.00000196. The van der Waals surface area contributed by atoms with Crippen LogP contribution in [0.25, 0.3) is 0 Å². The Hall–Kier alpha value is -0.300. The number of rotatable bonds is 5. The maximum absolute atomic E-state index is 11.6. The molecule has 0 aromatic rings. The molecule has 1 saturated heterocycles. The molecule has 0 bridgehead atoms. The van der Waals surface area contributed by atoms with Crippen LogP contribution in [0.2, 0.25) is 0 Å². The molecule has 1 unspecified atom stereocenters. The zero-order valence-electron chi connectivity index (χ0n) is 8.27. The molecule has 1 heterocycles. The van der Waals surface area contributed by atoms with Gasteiger partial charge in [-0.3, -0.25) is 14.9 Å². The molecule has 0 radical (unpaired) electrons. The number of hydrogen-bond donors (Lipinski definition) is 3. The fourth-order valence-electron chi connectivity index (χ4n) is 1.24. The topological polar surface area (TPSA) is 98.2 Å². The van der Waals surface area contributed by atoms with E-state index in [0.717, 1.165) is 12.3 Å². The molecule has 1 aliphatic heterocycles. The first-order valence-electron chi connectivity index (χ1n) is 4.54. The monoisotopic (exact) mass is 253 g/mol. The zero-order valence-corrected chi connectivity index (χ0v) is 9.90. The van der Waals surface area contributed by atoms with Crippen molar-refractivity contribution in [2.45, 2.75) is 24.3 Å². The van der Waals surface area contributed by atoms with Gasteiger partial charge in [0.1, 0.15) is 5.37 Å². The molecule has 1 rings (SSSR count). The molecule has 0 spiro atoms. The molecule has 2 atom stereocenters. The quantitative estimate of drug-likeness (QED) is 0.598. The lowest BCUT2D eigenvalue weighted by molar-refractivity contribution is -0.121. The van der Waals surface area contributed by atoms with Gasteiger partial charge in [0.05, 0.1) is 6.04 Å². The molecule has 0 aromatic carbocycles. The molecule has 7 heteroatoms. The summed E-state index contributed by atoms with van der Waals surface area (Å²) in [7, 11) is 0. The largest absolute Gasteiger partial charge is 0.370 e. The molecule has 88 valence electrons. The summed E-state index contributed by atoms with van der Waals surface area (Å²) in [5, 5.41) is 2.85. The lowest BCUT2D eigenvalue weighted by Crippen LogP contribution is -2.42. The molecule has 0 aliphatic carbocycles. The summed E-state index contributed by atoms with van der Waals surface area (Å²) in [4.78, 5) is 22.1. The van der Waals surface area contributed by atoms with Crippen LogP contribution in [0.1, 0.15) is 12.8 Å². The lowest BCUT2D eigenvalue weighted by atomic mass is 10.1. The third-order valence-corrected chi connectivity index (χ3v) is 3.21. The smallest absolute Gasteiger partial charge is 0.217 e. The average Bonchev–Trinajstić information content (AvgIpc) is 2.65. The van der Waals surface area contributed by atoms with Crippen molar-refractivity contribution in [2.24, 2.45) is 11.5 Å². The van der Waals surface area contributed by atoms with Crippen molar-refractivity contribution in [1.29, 1.82) is 0 Å². The van der Waals surface area contributed by atoms with Crippen molar-refractivity contribution < 1.29 is 9.59 Å². The van der Waals surface area contributed by atoms with E-state index in [-0.39, 0.29) is 30.0 Å². The predicted octanol–water partition coefficient (Wildman–Crippen LogP) is -0.767. The fraction of sp³-hybridized carbons (Fsp3) is 0.750. The van der Waals surface area contributed by atoms with Gasteiger partial charge in [-0.1, -0.05) is 0 Å². The van der Waals surface area contributed by atoms with E-state index in [4.69, 9.17) is 11.5 Å². The number of amides is 1. The van der Waals surface area contributed by atoms with Gasteiger partial charge in [-0.05, 0) is 6.42 Å². The number of carbonyl (C=O) groups excluding carboxylic acids is 2. The average molecular weight is 254 g/mol. The minimum atomic E-state index is -0.578. The van der Waals surface area contributed by atoms with E-state index < -0.39 is 11.9 Å². The van der Waals surface area contributed by atoms with Gasteiger partial charge in [0.2, 0.25) is 5.91 Å². The minimum Gasteiger partial charge on any atom is -0.370 e. The van der Waals surface area contributed by atoms with Crippen LogP contribution in [0.4, 0.5) is 0 Å². The van der Waals surface area contributed by atoms with Gasteiger partial charge < -0.3 is 11.5 Å². The van der Waals surface area contributed by atoms with Gasteiger partial charge in [-0.2, -0.15) is 0 Å². The minimum absolute atomic E-state index is 0. The first-order valence-corrected chi connectivity index (χ1v) is 5.58. The van der Waals surface area contributed by atoms with Gasteiger partial charge in [-0.15, -0.1) is 24.2 Å². The number of primary amides is 1. The van der Waals surface area contributed by atoms with Crippen LogP contribution in [0, 0.1) is 0 Å². The summed E-state index contributed by atoms with van der Waals surface area (Å²) in [6.45, 7) is 0.837. The van der Waals surface area contributed by atoms with Crippen LogP contribution < -0.4 is 16.8 Å². The molecule has 1 aliphatic rings. The lowest BCUT2D eigenvalue weighted by Gasteiger charge is -2.14. The summed E-state index contributed by atoms with van der Waals surface area (Å²) in [5.41, 5.74) is 10.6. The molecular weight excluding hydrogens is 238 g/mol. The zero-order chi connectivity index (χ0) is 10.6. The third kappa shape index (κ3) is 4.83. The molecular formula is C8H16ClN3O2S. The van der Waals surface area contributed by atoms with Crippen molar-refractivity contribution >= 4 is 35.9 Å². The molecule has 1 amide bonds. The van der Waals surface area contributed by atoms with Crippen LogP contribution in [0.3, 0.4) is 0 Å². The summed E-state index contributed by atoms with van der Waals surface area (Å²) in [6.07, 6.45) is 0.511. The maximum atomic E-state index is 11.6. The molecule has 0 aromatic heterocycles. The molecule has 0 saturated carbocycles. The van der Waals surface area contributed by atoms with Crippen LogP contribution in [-0.4, -0.2) is 35.4 Å². The summed E-state index contributed by atoms with van der Waals surface area (Å²) >= 11 is 1.56. The van der Waals surface area contributed by atoms with E-state index in [1.54, 1.807) is 11.8 Å². The van der Waals surface area contributed by atoms with Crippen LogP contribution in [0.15, 0.2) is 0 Å². The number of carbonyl (C=O) groups is 2. The van der Waals surface area contributed by atoms with Crippen molar-refractivity contribution in [3.05, 3.63) is 0 Å². The van der Waals surface area contributed by atoms with Crippen molar-refractivity contribution in [2.75, 3.05) is 12.3 Å². The van der Waals surface area contributed by atoms with E-state index in [9.17, 15) is 9.59 Å². The second kappa shape index (κ2) is 7.05. The number of Topliss-reactive ketones (excluding diaryl/α,β-unsaturated/α-hetero) is 1. The first kappa shape index (κ1) is 14.7. The Labute approximate surface area is 99.1 Å². The molecule has 5 nitrogen and oxygen atoms in total. The number of nitrogens with two attached hydrogens (primary N) is 2. The second-order valence-electron chi connectivity index (χ2n) is 3.22. The highest BCUT2D eigenvalue weighted by Crippen LogP contribution is 2.16. The Morgan fingerprint density at radius 2 is 2.20 bits per heavy atom. The maximum Gasteiger partial charge on any atom is 0.217 e. The second-order valence-corrected chi connectivity index (χ2v) is 4.43. The van der Waals surface area contributed by atoms with E-state index in [2.05, 4.69) is 5.32 Å². The highest BCUT2D eigenvalue weighted by molar-refractivity contribution is 8.00. The number of thioether (sulfide) groups is 1. The predicted molar refractivity (Wildman–Crippen MR) is 62.9 cm³/mol. The van der Waals surface area contributed by atoms with Gasteiger partial charge in [0, 0.05) is 18.7 Å². The Bertz CT molecular complexity index is 234. The van der Waals surface area contributed by atoms with E-state index >= 15 is 0 Å². The fourth-order valence-corrected chi connectivity index (χ4v) is 2.29. The van der Waals surface area contributed by atoms with Gasteiger partial charge in [0.15, 0.2) is 5.78 Å². The molecule has 15 heavy (non-hydrogen) atoms. The SMILES string of the molecule is Cl.NC(=O)CC[C@H](N)C(=O)C1NCCS1. The van der Waals surface area contributed by atoms with Gasteiger partial charge in [-0.25, -0.2) is 0 Å². The van der Waals surface area contributed by atoms with Crippen LogP contribution in [0.5, 0.6) is 0 Å².